The summed E-state index contributed by atoms with van der Waals surface area (Å²) in [5.74, 6) is 0.194. The van der Waals surface area contributed by atoms with Crippen molar-refractivity contribution in [1.82, 2.24) is 14.8 Å². The molecule has 0 aromatic carbocycles. The molecule has 6 nitrogen and oxygen atoms in total. The lowest BCUT2D eigenvalue weighted by Crippen LogP contribution is -2.08. The van der Waals surface area contributed by atoms with Gasteiger partial charge in [-0.3, -0.25) is 4.68 Å². The lowest BCUT2D eigenvalue weighted by molar-refractivity contribution is 0.0525. The number of rotatable bonds is 5. The Labute approximate surface area is 108 Å². The van der Waals surface area contributed by atoms with E-state index in [1.165, 1.54) is 24.2 Å². The molecule has 0 unspecified atom stereocenters. The molecule has 96 valence electrons. The summed E-state index contributed by atoms with van der Waals surface area (Å²) in [5.41, 5.74) is 1.27. The number of carbonyl (C=O) groups excluding carboxylic acids is 1. The van der Waals surface area contributed by atoms with Crippen molar-refractivity contribution in [3.63, 3.8) is 0 Å². The minimum atomic E-state index is -0.353. The molecule has 0 saturated carbocycles. The van der Waals surface area contributed by atoms with E-state index in [0.717, 1.165) is 5.69 Å². The van der Waals surface area contributed by atoms with Crippen LogP contribution < -0.4 is 0 Å². The number of nitrogens with zero attached hydrogens (tertiary/aromatic N) is 3. The number of esters is 1. The van der Waals surface area contributed by atoms with E-state index >= 15 is 0 Å². The second-order valence-corrected chi connectivity index (χ2v) is 4.36. The maximum absolute atomic E-state index is 11.7. The topological polar surface area (TPSA) is 70.2 Å². The van der Waals surface area contributed by atoms with Crippen LogP contribution >= 0.6 is 11.8 Å². The van der Waals surface area contributed by atoms with E-state index < -0.39 is 0 Å². The van der Waals surface area contributed by atoms with Gasteiger partial charge in [0.15, 0.2) is 0 Å². The molecule has 2 heterocycles. The van der Waals surface area contributed by atoms with Gasteiger partial charge in [0.2, 0.25) is 0 Å². The monoisotopic (exact) mass is 267 g/mol. The van der Waals surface area contributed by atoms with Gasteiger partial charge in [-0.25, -0.2) is 9.78 Å². The molecule has 0 aliphatic rings. The molecule has 0 N–H and O–H groups in total. The number of aromatic nitrogens is 3. The van der Waals surface area contributed by atoms with Crippen molar-refractivity contribution >= 4 is 17.7 Å². The highest BCUT2D eigenvalue weighted by Gasteiger charge is 2.17. The number of carbonyl (C=O) groups is 1. The molecular weight excluding hydrogens is 254 g/mol. The van der Waals surface area contributed by atoms with E-state index in [2.05, 4.69) is 10.1 Å². The standard InChI is InChI=1S/C11H13N3O3S/c1-3-16-10(15)8-6-13-14(2)9(8)7-18-11-12-4-5-17-11/h4-6H,3,7H2,1-2H3. The maximum atomic E-state index is 11.7. The summed E-state index contributed by atoms with van der Waals surface area (Å²) < 4.78 is 11.8. The zero-order valence-electron chi connectivity index (χ0n) is 10.1. The van der Waals surface area contributed by atoms with Crippen molar-refractivity contribution in [1.29, 1.82) is 0 Å². The fourth-order valence-corrected chi connectivity index (χ4v) is 2.29. The fraction of sp³-hybridized carbons (Fsp3) is 0.364. The molecule has 2 rings (SSSR count). The third-order valence-electron chi connectivity index (χ3n) is 2.30. The molecule has 7 heteroatoms. The lowest BCUT2D eigenvalue weighted by atomic mass is 10.3. The van der Waals surface area contributed by atoms with Crippen LogP contribution in [0.2, 0.25) is 0 Å². The summed E-state index contributed by atoms with van der Waals surface area (Å²) >= 11 is 1.40. The number of ether oxygens (including phenoxy) is 1. The van der Waals surface area contributed by atoms with Gasteiger partial charge in [0.1, 0.15) is 11.8 Å². The van der Waals surface area contributed by atoms with Crippen molar-refractivity contribution in [2.75, 3.05) is 6.61 Å². The van der Waals surface area contributed by atoms with E-state index in [1.807, 2.05) is 0 Å². The van der Waals surface area contributed by atoms with Crippen LogP contribution in [0.4, 0.5) is 0 Å². The van der Waals surface area contributed by atoms with Gasteiger partial charge in [-0.05, 0) is 6.92 Å². The average Bonchev–Trinajstić information content (AvgIpc) is 2.96. The first-order valence-corrected chi connectivity index (χ1v) is 6.41. The van der Waals surface area contributed by atoms with Gasteiger partial charge in [0.05, 0.1) is 24.7 Å². The van der Waals surface area contributed by atoms with Crippen LogP contribution in [0, 0.1) is 0 Å². The molecule has 0 aliphatic heterocycles. The van der Waals surface area contributed by atoms with Crippen LogP contribution in [0.5, 0.6) is 0 Å². The molecule has 0 fully saturated rings. The lowest BCUT2D eigenvalue weighted by Gasteiger charge is -2.04. The van der Waals surface area contributed by atoms with Crippen LogP contribution in [0.3, 0.4) is 0 Å². The van der Waals surface area contributed by atoms with Gasteiger partial charge in [-0.1, -0.05) is 11.8 Å². The van der Waals surface area contributed by atoms with Gasteiger partial charge in [0, 0.05) is 12.8 Å². The third kappa shape index (κ3) is 2.73. The minimum absolute atomic E-state index is 0.347. The van der Waals surface area contributed by atoms with Crippen molar-refractivity contribution in [2.45, 2.75) is 17.9 Å². The molecule has 0 spiro atoms. The highest BCUT2D eigenvalue weighted by atomic mass is 32.2. The largest absolute Gasteiger partial charge is 0.462 e. The summed E-state index contributed by atoms with van der Waals surface area (Å²) in [4.78, 5) is 15.7. The van der Waals surface area contributed by atoms with Crippen LogP contribution in [0.15, 0.2) is 28.3 Å². The van der Waals surface area contributed by atoms with Crippen LogP contribution in [-0.2, 0) is 17.5 Å². The molecule has 0 radical (unpaired) electrons. The van der Waals surface area contributed by atoms with Crippen LogP contribution in [0.25, 0.3) is 0 Å². The Morgan fingerprint density at radius 3 is 3.11 bits per heavy atom. The van der Waals surface area contributed by atoms with Crippen LogP contribution in [-0.4, -0.2) is 27.3 Å². The molecule has 0 saturated heterocycles. The predicted octanol–water partition coefficient (Wildman–Crippen LogP) is 1.88. The van der Waals surface area contributed by atoms with Crippen LogP contribution in [0.1, 0.15) is 23.0 Å². The van der Waals surface area contributed by atoms with Crippen molar-refractivity contribution in [3.05, 3.63) is 29.9 Å². The Morgan fingerprint density at radius 1 is 1.61 bits per heavy atom. The van der Waals surface area contributed by atoms with Gasteiger partial charge in [-0.2, -0.15) is 5.10 Å². The fourth-order valence-electron chi connectivity index (χ4n) is 1.43. The number of aryl methyl sites for hydroxylation is 1. The van der Waals surface area contributed by atoms with Crippen molar-refractivity contribution < 1.29 is 13.9 Å². The number of thioether (sulfide) groups is 1. The number of oxazole rings is 1. The molecule has 0 bridgehead atoms. The Bertz CT molecular complexity index is 522. The van der Waals surface area contributed by atoms with Gasteiger partial charge >= 0.3 is 5.97 Å². The Morgan fingerprint density at radius 2 is 2.44 bits per heavy atom. The van der Waals surface area contributed by atoms with Gasteiger partial charge < -0.3 is 9.15 Å². The van der Waals surface area contributed by atoms with Gasteiger partial charge in [0.25, 0.3) is 5.22 Å². The molecule has 18 heavy (non-hydrogen) atoms. The molecular formula is C11H13N3O3S. The zero-order valence-corrected chi connectivity index (χ0v) is 10.9. The molecule has 0 atom stereocenters. The second kappa shape index (κ2) is 5.72. The second-order valence-electron chi connectivity index (χ2n) is 3.44. The van der Waals surface area contributed by atoms with E-state index in [0.29, 0.717) is 23.1 Å². The van der Waals surface area contributed by atoms with Crippen molar-refractivity contribution in [3.8, 4) is 0 Å². The van der Waals surface area contributed by atoms with E-state index in [4.69, 9.17) is 9.15 Å². The normalized spacial score (nSPS) is 10.6. The quantitative estimate of drug-likeness (QED) is 0.608. The number of hydrogen-bond donors (Lipinski definition) is 0. The van der Waals surface area contributed by atoms with E-state index in [9.17, 15) is 4.79 Å². The highest BCUT2D eigenvalue weighted by Crippen LogP contribution is 2.22. The summed E-state index contributed by atoms with van der Waals surface area (Å²) in [5, 5.41) is 4.63. The summed E-state index contributed by atoms with van der Waals surface area (Å²) in [6.45, 7) is 2.12. The Kier molecular flexibility index (Phi) is 4.03. The van der Waals surface area contributed by atoms with E-state index in [-0.39, 0.29) is 5.97 Å². The summed E-state index contributed by atoms with van der Waals surface area (Å²) in [6.07, 6.45) is 4.61. The number of hydrogen-bond acceptors (Lipinski definition) is 6. The summed E-state index contributed by atoms with van der Waals surface area (Å²) in [7, 11) is 1.79. The minimum Gasteiger partial charge on any atom is -0.462 e. The molecule has 2 aromatic heterocycles. The van der Waals surface area contributed by atoms with Crippen molar-refractivity contribution in [2.24, 2.45) is 7.05 Å². The molecule has 0 amide bonds. The Hall–Kier alpha value is -1.76. The van der Waals surface area contributed by atoms with E-state index in [1.54, 1.807) is 24.9 Å². The SMILES string of the molecule is CCOC(=O)c1cnn(C)c1CSc1ncco1. The predicted molar refractivity (Wildman–Crippen MR) is 65.2 cm³/mol. The molecule has 0 aliphatic carbocycles. The Balaban J connectivity index is 2.11. The van der Waals surface area contributed by atoms with Gasteiger partial charge in [-0.15, -0.1) is 0 Å². The highest BCUT2D eigenvalue weighted by molar-refractivity contribution is 7.98. The third-order valence-corrected chi connectivity index (χ3v) is 3.17. The first-order chi connectivity index (χ1) is 8.72. The first-order valence-electron chi connectivity index (χ1n) is 5.42. The average molecular weight is 267 g/mol. The summed E-state index contributed by atoms with van der Waals surface area (Å²) in [6, 6.07) is 0. The zero-order chi connectivity index (χ0) is 13.0. The molecule has 2 aromatic rings. The first kappa shape index (κ1) is 12.7. The smallest absolute Gasteiger partial charge is 0.341 e. The maximum Gasteiger partial charge on any atom is 0.341 e.